The maximum atomic E-state index is 12.3. The van der Waals surface area contributed by atoms with E-state index in [4.69, 9.17) is 0 Å². The zero-order valence-corrected chi connectivity index (χ0v) is 12.3. The summed E-state index contributed by atoms with van der Waals surface area (Å²) in [5.41, 5.74) is 1.28. The summed E-state index contributed by atoms with van der Waals surface area (Å²) >= 11 is 0. The van der Waals surface area contributed by atoms with Crippen LogP contribution in [0.25, 0.3) is 0 Å². The Labute approximate surface area is 120 Å². The van der Waals surface area contributed by atoms with Crippen LogP contribution in [0.1, 0.15) is 44.0 Å². The van der Waals surface area contributed by atoms with Crippen LogP contribution in [0.2, 0.25) is 0 Å². The Morgan fingerprint density at radius 1 is 1.35 bits per heavy atom. The molecule has 0 atom stereocenters. The molecule has 0 bridgehead atoms. The van der Waals surface area contributed by atoms with Crippen LogP contribution in [0.3, 0.4) is 0 Å². The van der Waals surface area contributed by atoms with E-state index in [2.05, 4.69) is 5.32 Å². The molecule has 4 nitrogen and oxygen atoms in total. The number of carbonyl (C=O) groups excluding carboxylic acids is 2. The van der Waals surface area contributed by atoms with Gasteiger partial charge in [0, 0.05) is 23.8 Å². The molecular weight excluding hydrogens is 252 g/mol. The second-order valence-electron chi connectivity index (χ2n) is 5.76. The van der Waals surface area contributed by atoms with E-state index in [0.717, 1.165) is 6.54 Å². The lowest BCUT2D eigenvalue weighted by molar-refractivity contribution is 0.101. The second-order valence-corrected chi connectivity index (χ2v) is 5.76. The fourth-order valence-electron chi connectivity index (χ4n) is 2.12. The lowest BCUT2D eigenvalue weighted by Crippen LogP contribution is -2.41. The molecule has 1 aromatic rings. The highest BCUT2D eigenvalue weighted by Gasteiger charge is 2.28. The minimum absolute atomic E-state index is 0.000190. The molecule has 0 aromatic heterocycles. The van der Waals surface area contributed by atoms with Gasteiger partial charge in [-0.15, -0.1) is 0 Å². The standard InChI is InChI=1S/C16H22N2O2/c1-11(2)18(10-13-7-8-13)16(20)17-15-6-4-5-14(9-15)12(3)19/h4-6,9,11,13H,7-8,10H2,1-3H3,(H,17,20). The third-order valence-electron chi connectivity index (χ3n) is 3.56. The van der Waals surface area contributed by atoms with E-state index in [1.54, 1.807) is 24.3 Å². The lowest BCUT2D eigenvalue weighted by Gasteiger charge is -2.27. The molecule has 2 rings (SSSR count). The SMILES string of the molecule is CC(=O)c1cccc(NC(=O)N(CC2CC2)C(C)C)c1. The molecule has 0 unspecified atom stereocenters. The summed E-state index contributed by atoms with van der Waals surface area (Å²) in [5.74, 6) is 0.659. The van der Waals surface area contributed by atoms with Crippen molar-refractivity contribution in [3.63, 3.8) is 0 Å². The Hall–Kier alpha value is -1.84. The molecule has 1 aromatic carbocycles. The van der Waals surface area contributed by atoms with Crippen molar-refractivity contribution in [3.8, 4) is 0 Å². The molecule has 2 amide bonds. The number of ketones is 1. The van der Waals surface area contributed by atoms with Gasteiger partial charge in [-0.3, -0.25) is 4.79 Å². The highest BCUT2D eigenvalue weighted by atomic mass is 16.2. The predicted molar refractivity (Wildman–Crippen MR) is 80.0 cm³/mol. The van der Waals surface area contributed by atoms with Crippen LogP contribution in [-0.2, 0) is 0 Å². The van der Waals surface area contributed by atoms with Gasteiger partial charge in [-0.05, 0) is 51.7 Å². The van der Waals surface area contributed by atoms with E-state index in [1.807, 2.05) is 18.7 Å². The summed E-state index contributed by atoms with van der Waals surface area (Å²) < 4.78 is 0. The van der Waals surface area contributed by atoms with Crippen molar-refractivity contribution < 1.29 is 9.59 Å². The molecule has 1 aliphatic carbocycles. The number of urea groups is 1. The van der Waals surface area contributed by atoms with Crippen LogP contribution in [0.5, 0.6) is 0 Å². The van der Waals surface area contributed by atoms with Crippen molar-refractivity contribution in [3.05, 3.63) is 29.8 Å². The van der Waals surface area contributed by atoms with Crippen LogP contribution in [-0.4, -0.2) is 29.3 Å². The molecule has 1 fully saturated rings. The molecule has 108 valence electrons. The zero-order chi connectivity index (χ0) is 14.7. The van der Waals surface area contributed by atoms with Crippen molar-refractivity contribution in [1.82, 2.24) is 4.90 Å². The second kappa shape index (κ2) is 6.07. The van der Waals surface area contributed by atoms with Crippen molar-refractivity contribution in [2.24, 2.45) is 5.92 Å². The van der Waals surface area contributed by atoms with Gasteiger partial charge in [-0.2, -0.15) is 0 Å². The number of hydrogen-bond acceptors (Lipinski definition) is 2. The molecule has 1 saturated carbocycles. The topological polar surface area (TPSA) is 49.4 Å². The third-order valence-corrected chi connectivity index (χ3v) is 3.56. The van der Waals surface area contributed by atoms with Gasteiger partial charge in [0.2, 0.25) is 0 Å². The summed E-state index contributed by atoms with van der Waals surface area (Å²) in [7, 11) is 0. The first-order valence-electron chi connectivity index (χ1n) is 7.16. The highest BCUT2D eigenvalue weighted by Crippen LogP contribution is 2.30. The number of hydrogen-bond donors (Lipinski definition) is 1. The van der Waals surface area contributed by atoms with Crippen molar-refractivity contribution in [1.29, 1.82) is 0 Å². The Kier molecular flexibility index (Phi) is 4.42. The normalized spacial score (nSPS) is 14.2. The first-order valence-corrected chi connectivity index (χ1v) is 7.16. The minimum Gasteiger partial charge on any atom is -0.322 e. The number of anilines is 1. The van der Waals surface area contributed by atoms with Crippen molar-refractivity contribution in [2.75, 3.05) is 11.9 Å². The zero-order valence-electron chi connectivity index (χ0n) is 12.3. The minimum atomic E-state index is -0.0902. The van der Waals surface area contributed by atoms with Crippen LogP contribution in [0.4, 0.5) is 10.5 Å². The number of Topliss-reactive ketones (excluding diaryl/α,β-unsaturated/α-hetero) is 1. The van der Waals surface area contributed by atoms with E-state index in [-0.39, 0.29) is 17.9 Å². The Morgan fingerprint density at radius 2 is 2.05 bits per heavy atom. The molecule has 0 spiro atoms. The van der Waals surface area contributed by atoms with E-state index in [1.165, 1.54) is 19.8 Å². The Balaban J connectivity index is 2.04. The number of benzene rings is 1. The molecule has 20 heavy (non-hydrogen) atoms. The molecule has 1 aliphatic rings. The maximum absolute atomic E-state index is 12.3. The van der Waals surface area contributed by atoms with Gasteiger partial charge in [0.1, 0.15) is 0 Å². The van der Waals surface area contributed by atoms with Gasteiger partial charge in [-0.25, -0.2) is 4.79 Å². The highest BCUT2D eigenvalue weighted by molar-refractivity contribution is 5.96. The average Bonchev–Trinajstić information content (AvgIpc) is 3.19. The molecule has 0 saturated heterocycles. The Morgan fingerprint density at radius 3 is 2.60 bits per heavy atom. The van der Waals surface area contributed by atoms with Gasteiger partial charge in [0.25, 0.3) is 0 Å². The molecule has 0 aliphatic heterocycles. The van der Waals surface area contributed by atoms with Gasteiger partial charge in [-0.1, -0.05) is 12.1 Å². The fraction of sp³-hybridized carbons (Fsp3) is 0.500. The molecule has 1 N–H and O–H groups in total. The van der Waals surface area contributed by atoms with E-state index in [9.17, 15) is 9.59 Å². The molecule has 0 heterocycles. The van der Waals surface area contributed by atoms with E-state index >= 15 is 0 Å². The average molecular weight is 274 g/mol. The summed E-state index contributed by atoms with van der Waals surface area (Å²) in [6.07, 6.45) is 2.44. The summed E-state index contributed by atoms with van der Waals surface area (Å²) in [4.78, 5) is 25.5. The smallest absolute Gasteiger partial charge is 0.322 e. The number of amides is 2. The van der Waals surface area contributed by atoms with Crippen LogP contribution < -0.4 is 5.32 Å². The van der Waals surface area contributed by atoms with Gasteiger partial charge in [0.15, 0.2) is 5.78 Å². The van der Waals surface area contributed by atoms with E-state index < -0.39 is 0 Å². The first-order chi connectivity index (χ1) is 9.47. The predicted octanol–water partition coefficient (Wildman–Crippen LogP) is 3.54. The van der Waals surface area contributed by atoms with Gasteiger partial charge in [0.05, 0.1) is 0 Å². The van der Waals surface area contributed by atoms with Crippen LogP contribution >= 0.6 is 0 Å². The molecule has 0 radical (unpaired) electrons. The largest absolute Gasteiger partial charge is 0.322 e. The summed E-state index contributed by atoms with van der Waals surface area (Å²) in [6.45, 7) is 6.38. The number of nitrogens with one attached hydrogen (secondary N) is 1. The lowest BCUT2D eigenvalue weighted by atomic mass is 10.1. The third kappa shape index (κ3) is 3.83. The summed E-state index contributed by atoms with van der Waals surface area (Å²) in [6, 6.07) is 7.14. The van der Waals surface area contributed by atoms with Crippen LogP contribution in [0, 0.1) is 5.92 Å². The quantitative estimate of drug-likeness (QED) is 0.835. The van der Waals surface area contributed by atoms with Crippen molar-refractivity contribution >= 4 is 17.5 Å². The van der Waals surface area contributed by atoms with E-state index in [0.29, 0.717) is 17.2 Å². The summed E-state index contributed by atoms with van der Waals surface area (Å²) in [5, 5.41) is 2.89. The molecule has 4 heteroatoms. The van der Waals surface area contributed by atoms with Crippen LogP contribution in [0.15, 0.2) is 24.3 Å². The molecular formula is C16H22N2O2. The van der Waals surface area contributed by atoms with Gasteiger partial charge >= 0.3 is 6.03 Å². The fourth-order valence-corrected chi connectivity index (χ4v) is 2.12. The van der Waals surface area contributed by atoms with Gasteiger partial charge < -0.3 is 10.2 Å². The Bertz CT molecular complexity index is 507. The number of rotatable bonds is 5. The number of carbonyl (C=O) groups is 2. The monoisotopic (exact) mass is 274 g/mol. The first kappa shape index (κ1) is 14.6. The number of nitrogens with zero attached hydrogens (tertiary/aromatic N) is 1. The maximum Gasteiger partial charge on any atom is 0.322 e. The van der Waals surface area contributed by atoms with Crippen molar-refractivity contribution in [2.45, 2.75) is 39.7 Å².